The van der Waals surface area contributed by atoms with Gasteiger partial charge in [-0.05, 0) is 89.8 Å². The van der Waals surface area contributed by atoms with E-state index in [0.717, 1.165) is 6.42 Å². The minimum Gasteiger partial charge on any atom is -0.135 e. The van der Waals surface area contributed by atoms with Gasteiger partial charge in [-0.3, -0.25) is 0 Å². The molecule has 0 nitrogen and oxygen atoms in total. The Morgan fingerprint density at radius 2 is 1.06 bits per heavy atom. The van der Waals surface area contributed by atoms with Gasteiger partial charge in [-0.2, -0.15) is 0 Å². The van der Waals surface area contributed by atoms with E-state index in [1.54, 1.807) is 0 Å². The fourth-order valence-electron chi connectivity index (χ4n) is 8.25. The van der Waals surface area contributed by atoms with E-state index in [-0.39, 0.29) is 0 Å². The van der Waals surface area contributed by atoms with Gasteiger partial charge >= 0.3 is 0 Å². The molecular weight excluding hydrogens is 609 g/mol. The highest BCUT2D eigenvalue weighted by Crippen LogP contribution is 2.47. The third-order valence-electron chi connectivity index (χ3n) is 10.4. The molecule has 49 heavy (non-hydrogen) atoms. The molecule has 0 N–H and O–H groups in total. The molecule has 1 aliphatic rings. The third-order valence-corrected chi connectivity index (χ3v) is 11.6. The molecule has 0 aliphatic heterocycles. The van der Waals surface area contributed by atoms with Gasteiger partial charge in [0.1, 0.15) is 0 Å². The van der Waals surface area contributed by atoms with E-state index in [0.29, 0.717) is 5.92 Å². The lowest BCUT2D eigenvalue weighted by Gasteiger charge is -2.24. The van der Waals surface area contributed by atoms with Crippen LogP contribution < -0.4 is 0 Å². The predicted molar refractivity (Wildman–Crippen MR) is 214 cm³/mol. The highest BCUT2D eigenvalue weighted by molar-refractivity contribution is 7.26. The third kappa shape index (κ3) is 4.58. The Bertz CT molecular complexity index is 2750. The average Bonchev–Trinajstić information content (AvgIpc) is 3.56. The van der Waals surface area contributed by atoms with E-state index < -0.39 is 0 Å². The molecule has 0 fully saturated rings. The molecule has 1 atom stereocenters. The summed E-state index contributed by atoms with van der Waals surface area (Å²) in [4.78, 5) is 0. The van der Waals surface area contributed by atoms with Crippen molar-refractivity contribution < 1.29 is 0 Å². The second-order valence-electron chi connectivity index (χ2n) is 13.2. The number of hydrogen-bond acceptors (Lipinski definition) is 1. The van der Waals surface area contributed by atoms with E-state index in [1.165, 1.54) is 91.4 Å². The summed E-state index contributed by atoms with van der Waals surface area (Å²) in [5, 5.41) is 10.5. The van der Waals surface area contributed by atoms with Gasteiger partial charge in [-0.1, -0.05) is 164 Å². The van der Waals surface area contributed by atoms with Gasteiger partial charge in [-0.15, -0.1) is 11.3 Å². The number of allylic oxidation sites excluding steroid dienone is 4. The fourth-order valence-corrected chi connectivity index (χ4v) is 9.49. The average molecular weight is 641 g/mol. The molecular formula is C48H32S. The number of benzene rings is 8. The van der Waals surface area contributed by atoms with Gasteiger partial charge < -0.3 is 0 Å². The molecule has 1 heterocycles. The van der Waals surface area contributed by atoms with Crippen LogP contribution >= 0.6 is 11.3 Å². The summed E-state index contributed by atoms with van der Waals surface area (Å²) in [6.07, 6.45) is 7.97. The van der Waals surface area contributed by atoms with E-state index in [1.807, 2.05) is 11.3 Å². The Kier molecular flexibility index (Phi) is 6.60. The van der Waals surface area contributed by atoms with Crippen molar-refractivity contribution in [3.8, 4) is 22.3 Å². The minimum atomic E-state index is 0.316. The molecule has 1 unspecified atom stereocenters. The Labute approximate surface area is 289 Å². The molecule has 0 saturated carbocycles. The quantitative estimate of drug-likeness (QED) is 0.168. The standard InChI is InChI=1S/C48H32S/c1-2-19-36-31(13-1)14-11-25-37(36)32-15-9-17-34(29-32)46-40-21-3-5-23-42(40)47(43-24-6-4-22-41(43)46)35-18-10-16-33(30-35)38-26-12-27-44-39-20-7-8-28-45(39)49-48(38)44/h1-28,30,32H,29H2. The first kappa shape index (κ1) is 28.3. The van der Waals surface area contributed by atoms with Crippen LogP contribution in [-0.4, -0.2) is 0 Å². The predicted octanol–water partition coefficient (Wildman–Crippen LogP) is 14.0. The van der Waals surface area contributed by atoms with Crippen LogP contribution in [0.25, 0.3) is 80.3 Å². The molecule has 230 valence electrons. The maximum absolute atomic E-state index is 2.41. The number of fused-ring (bicyclic) bond motifs is 6. The normalized spacial score (nSPS) is 14.7. The summed E-state index contributed by atoms with van der Waals surface area (Å²) >= 11 is 1.89. The van der Waals surface area contributed by atoms with Crippen molar-refractivity contribution in [1.29, 1.82) is 0 Å². The molecule has 1 heteroatoms. The lowest BCUT2D eigenvalue weighted by atomic mass is 9.79. The highest BCUT2D eigenvalue weighted by Gasteiger charge is 2.22. The highest BCUT2D eigenvalue weighted by atomic mass is 32.1. The maximum atomic E-state index is 2.41. The van der Waals surface area contributed by atoms with Crippen molar-refractivity contribution in [2.24, 2.45) is 0 Å². The lowest BCUT2D eigenvalue weighted by molar-refractivity contribution is 0.878. The van der Waals surface area contributed by atoms with Gasteiger partial charge in [0, 0.05) is 26.1 Å². The second kappa shape index (κ2) is 11.4. The largest absolute Gasteiger partial charge is 0.135 e. The smallest absolute Gasteiger partial charge is 0.0433 e. The van der Waals surface area contributed by atoms with E-state index in [9.17, 15) is 0 Å². The fraction of sp³-hybridized carbons (Fsp3) is 0.0417. The molecule has 1 aromatic heterocycles. The molecule has 1 aliphatic carbocycles. The van der Waals surface area contributed by atoms with E-state index >= 15 is 0 Å². The molecule has 0 spiro atoms. The summed E-state index contributed by atoms with van der Waals surface area (Å²) in [7, 11) is 0. The maximum Gasteiger partial charge on any atom is 0.0433 e. The summed E-state index contributed by atoms with van der Waals surface area (Å²) in [5.74, 6) is 0.316. The van der Waals surface area contributed by atoms with Crippen LogP contribution in [0.3, 0.4) is 0 Å². The molecule has 0 saturated heterocycles. The van der Waals surface area contributed by atoms with Gasteiger partial charge in [0.25, 0.3) is 0 Å². The van der Waals surface area contributed by atoms with E-state index in [4.69, 9.17) is 0 Å². The van der Waals surface area contributed by atoms with Crippen LogP contribution in [0.5, 0.6) is 0 Å². The summed E-state index contributed by atoms with van der Waals surface area (Å²) in [6.45, 7) is 0. The minimum absolute atomic E-state index is 0.316. The van der Waals surface area contributed by atoms with Crippen molar-refractivity contribution in [3.63, 3.8) is 0 Å². The van der Waals surface area contributed by atoms with Crippen LogP contribution in [0.1, 0.15) is 23.5 Å². The Hall–Kier alpha value is -5.76. The second-order valence-corrected chi connectivity index (χ2v) is 14.2. The molecule has 0 amide bonds. The molecule has 8 aromatic carbocycles. The van der Waals surface area contributed by atoms with Crippen LogP contribution in [-0.2, 0) is 0 Å². The van der Waals surface area contributed by atoms with Crippen LogP contribution in [0.2, 0.25) is 0 Å². The van der Waals surface area contributed by atoms with Crippen molar-refractivity contribution in [3.05, 3.63) is 187 Å². The molecule has 0 radical (unpaired) electrons. The van der Waals surface area contributed by atoms with Crippen molar-refractivity contribution in [1.82, 2.24) is 0 Å². The van der Waals surface area contributed by atoms with Crippen molar-refractivity contribution in [2.75, 3.05) is 0 Å². The Morgan fingerprint density at radius 1 is 0.469 bits per heavy atom. The van der Waals surface area contributed by atoms with Crippen LogP contribution in [0, 0.1) is 0 Å². The first-order valence-corrected chi connectivity index (χ1v) is 17.9. The van der Waals surface area contributed by atoms with Gasteiger partial charge in [0.15, 0.2) is 0 Å². The number of thiophene rings is 1. The zero-order valence-corrected chi connectivity index (χ0v) is 27.8. The summed E-state index contributed by atoms with van der Waals surface area (Å²) in [5.41, 5.74) is 9.25. The number of hydrogen-bond donors (Lipinski definition) is 0. The Morgan fingerprint density at radius 3 is 1.86 bits per heavy atom. The van der Waals surface area contributed by atoms with Gasteiger partial charge in [0.2, 0.25) is 0 Å². The zero-order valence-electron chi connectivity index (χ0n) is 26.9. The lowest BCUT2D eigenvalue weighted by Crippen LogP contribution is -2.03. The van der Waals surface area contributed by atoms with Crippen molar-refractivity contribution >= 4 is 69.4 Å². The monoisotopic (exact) mass is 640 g/mol. The number of rotatable bonds is 4. The van der Waals surface area contributed by atoms with Crippen molar-refractivity contribution in [2.45, 2.75) is 12.3 Å². The zero-order chi connectivity index (χ0) is 32.3. The molecule has 0 bridgehead atoms. The SMILES string of the molecule is C1=CC(c2cccc3ccccc23)CC(c2c3ccccc3c(-c3cccc(-c4cccc5c4sc4ccccc45)c3)c3ccccc23)=C1. The first-order chi connectivity index (χ1) is 24.3. The Balaban J connectivity index is 1.15. The topological polar surface area (TPSA) is 0 Å². The van der Waals surface area contributed by atoms with E-state index in [2.05, 4.69) is 176 Å². The van der Waals surface area contributed by atoms with Crippen LogP contribution in [0.4, 0.5) is 0 Å². The summed E-state index contributed by atoms with van der Waals surface area (Å²) in [6, 6.07) is 58.3. The van der Waals surface area contributed by atoms with Crippen LogP contribution in [0.15, 0.2) is 176 Å². The molecule has 10 rings (SSSR count). The molecule has 9 aromatic rings. The van der Waals surface area contributed by atoms with Gasteiger partial charge in [0.05, 0.1) is 0 Å². The van der Waals surface area contributed by atoms with Gasteiger partial charge in [-0.25, -0.2) is 0 Å². The first-order valence-electron chi connectivity index (χ1n) is 17.1. The summed E-state index contributed by atoms with van der Waals surface area (Å²) < 4.78 is 2.69.